The molecule has 1 fully saturated rings. The second-order valence-electron chi connectivity index (χ2n) is 6.81. The Hall–Kier alpha value is -2.71. The Balaban J connectivity index is 0.000000857. The SMILES string of the molecule is C1CCNC1.Cc1cc(C)c2c(c1)C=C(C(=O)OC(C)ON)C(C(F)(F)F)O2.O=CO.[NH3+]O. The van der Waals surface area contributed by atoms with Gasteiger partial charge in [-0.3, -0.25) is 9.63 Å². The first-order chi connectivity index (χ1) is 15.5. The first-order valence-electron chi connectivity index (χ1n) is 9.78. The van der Waals surface area contributed by atoms with Crippen molar-refractivity contribution in [2.75, 3.05) is 13.1 Å². The van der Waals surface area contributed by atoms with Crippen molar-refractivity contribution in [1.29, 1.82) is 0 Å². The fourth-order valence-electron chi connectivity index (χ4n) is 2.96. The molecule has 1 aromatic carbocycles. The summed E-state index contributed by atoms with van der Waals surface area (Å²) in [5.74, 6) is 5.98. The maximum absolute atomic E-state index is 13.2. The highest BCUT2D eigenvalue weighted by Crippen LogP contribution is 2.39. The Kier molecular flexibility index (Phi) is 13.9. The van der Waals surface area contributed by atoms with Crippen LogP contribution in [0.5, 0.6) is 5.75 Å². The first-order valence-corrected chi connectivity index (χ1v) is 9.78. The molecule has 2 aliphatic rings. The molecule has 2 unspecified atom stereocenters. The van der Waals surface area contributed by atoms with Gasteiger partial charge in [-0.25, -0.2) is 21.8 Å². The number of hydrogen-bond acceptors (Lipinski definition) is 8. The average molecular weight is 482 g/mol. The van der Waals surface area contributed by atoms with Crippen molar-refractivity contribution in [2.45, 2.75) is 52.2 Å². The zero-order valence-corrected chi connectivity index (χ0v) is 18.6. The summed E-state index contributed by atoms with van der Waals surface area (Å²) in [4.78, 5) is 24.6. The van der Waals surface area contributed by atoms with E-state index in [0.717, 1.165) is 11.6 Å². The summed E-state index contributed by atoms with van der Waals surface area (Å²) in [7, 11) is 0. The van der Waals surface area contributed by atoms with Crippen LogP contribution in [0.15, 0.2) is 17.7 Å². The van der Waals surface area contributed by atoms with Crippen LogP contribution in [0.4, 0.5) is 13.2 Å². The molecule has 0 radical (unpaired) electrons. The van der Waals surface area contributed by atoms with Gasteiger partial charge in [0.2, 0.25) is 12.4 Å². The van der Waals surface area contributed by atoms with E-state index < -0.39 is 30.1 Å². The lowest BCUT2D eigenvalue weighted by molar-refractivity contribution is -0.670. The number of aryl methyl sites for hydroxylation is 2. The van der Waals surface area contributed by atoms with Crippen LogP contribution in [-0.2, 0) is 19.2 Å². The summed E-state index contributed by atoms with van der Waals surface area (Å²) in [6.45, 7) is 6.97. The van der Waals surface area contributed by atoms with E-state index in [4.69, 9.17) is 30.5 Å². The Morgan fingerprint density at radius 2 is 1.85 bits per heavy atom. The third kappa shape index (κ3) is 10.2. The Bertz CT molecular complexity index is 777. The molecule has 10 nitrogen and oxygen atoms in total. The fraction of sp³-hybridized carbons (Fsp3) is 0.500. The van der Waals surface area contributed by atoms with Crippen molar-refractivity contribution in [3.05, 3.63) is 34.4 Å². The van der Waals surface area contributed by atoms with Crippen LogP contribution in [0.25, 0.3) is 6.08 Å². The number of halogens is 3. The molecule has 0 saturated carbocycles. The number of nitrogens with one attached hydrogen (secondary N) is 1. The number of nitrogens with two attached hydrogens (primary N) is 1. The molecule has 0 spiro atoms. The first kappa shape index (κ1) is 30.3. The van der Waals surface area contributed by atoms with Crippen LogP contribution in [0.3, 0.4) is 0 Å². The maximum atomic E-state index is 13.2. The number of benzene rings is 1. The minimum atomic E-state index is -4.77. The van der Waals surface area contributed by atoms with Crippen LogP contribution in [0.1, 0.15) is 36.5 Å². The number of quaternary nitrogens is 1. The number of carboxylic acid groups (broad SMARTS) is 1. The maximum Gasteiger partial charge on any atom is 0.430 e. The number of esters is 1. The largest absolute Gasteiger partial charge is 0.483 e. The molecule has 13 heteroatoms. The van der Waals surface area contributed by atoms with E-state index in [1.54, 1.807) is 26.0 Å². The summed E-state index contributed by atoms with van der Waals surface area (Å²) >= 11 is 0. The molecule has 33 heavy (non-hydrogen) atoms. The van der Waals surface area contributed by atoms with Gasteiger partial charge < -0.3 is 19.9 Å². The van der Waals surface area contributed by atoms with Gasteiger partial charge in [0.15, 0.2) is 0 Å². The number of alkyl halides is 3. The minimum absolute atomic E-state index is 0.0950. The smallest absolute Gasteiger partial charge is 0.430 e. The third-order valence-corrected chi connectivity index (χ3v) is 4.23. The highest BCUT2D eigenvalue weighted by Gasteiger charge is 2.49. The topological polar surface area (TPSA) is 168 Å². The standard InChI is InChI=1S/C15H16F3NO4.C4H9N.CH2O2.H4NO/c1-7-4-8(2)12-10(5-7)6-11(13(22-12)15(16,17)18)14(20)21-9(3)23-19;1-2-4-5-3-1;2-1-3;1-2/h4-6,9,13H,19H2,1-3H3;5H,1-4H2;1H,(H,2,3);2H,1H3/q;;;+1. The Morgan fingerprint density at radius 3 is 2.27 bits per heavy atom. The van der Waals surface area contributed by atoms with Crippen molar-refractivity contribution < 1.29 is 53.3 Å². The molecule has 3 rings (SSSR count). The van der Waals surface area contributed by atoms with Crippen molar-refractivity contribution in [3.8, 4) is 5.75 Å². The van der Waals surface area contributed by atoms with Crippen LogP contribution < -0.4 is 21.8 Å². The molecule has 0 bridgehead atoms. The number of carbonyl (C=O) groups is 2. The lowest BCUT2D eigenvalue weighted by Crippen LogP contribution is -2.42. The number of hydrogen-bond donors (Lipinski definition) is 5. The monoisotopic (exact) mass is 482 g/mol. The predicted molar refractivity (Wildman–Crippen MR) is 111 cm³/mol. The fourth-order valence-corrected chi connectivity index (χ4v) is 2.96. The van der Waals surface area contributed by atoms with Gasteiger partial charge in [-0.2, -0.15) is 13.2 Å². The zero-order chi connectivity index (χ0) is 25.6. The third-order valence-electron chi connectivity index (χ3n) is 4.23. The second kappa shape index (κ2) is 15.2. The summed E-state index contributed by atoms with van der Waals surface area (Å²) < 4.78 is 49.5. The molecule has 2 atom stereocenters. The molecular weight excluding hydrogens is 451 g/mol. The van der Waals surface area contributed by atoms with Crippen molar-refractivity contribution in [2.24, 2.45) is 5.90 Å². The van der Waals surface area contributed by atoms with Gasteiger partial charge in [-0.15, -0.1) is 0 Å². The molecule has 1 aromatic rings. The quantitative estimate of drug-likeness (QED) is 0.185. The van der Waals surface area contributed by atoms with Gasteiger partial charge in [0, 0.05) is 5.56 Å². The number of rotatable bonds is 3. The second-order valence-corrected chi connectivity index (χ2v) is 6.81. The van der Waals surface area contributed by atoms with Crippen LogP contribution in [-0.4, -0.2) is 54.4 Å². The number of carbonyl (C=O) groups excluding carboxylic acids is 1. The molecule has 188 valence electrons. The lowest BCUT2D eigenvalue weighted by Gasteiger charge is -2.29. The van der Waals surface area contributed by atoms with E-state index in [0.29, 0.717) is 11.1 Å². The normalized spacial score (nSPS) is 17.1. The Labute approximate surface area is 189 Å². The van der Waals surface area contributed by atoms with E-state index in [2.05, 4.69) is 16.1 Å². The van der Waals surface area contributed by atoms with E-state index >= 15 is 0 Å². The minimum Gasteiger partial charge on any atom is -0.483 e. The highest BCUT2D eigenvalue weighted by atomic mass is 19.4. The van der Waals surface area contributed by atoms with Crippen molar-refractivity contribution in [3.63, 3.8) is 0 Å². The highest BCUT2D eigenvalue weighted by molar-refractivity contribution is 5.96. The average Bonchev–Trinajstić information content (AvgIpc) is 3.34. The van der Waals surface area contributed by atoms with Crippen molar-refractivity contribution >= 4 is 18.5 Å². The molecule has 8 N–H and O–H groups in total. The molecule has 0 aliphatic carbocycles. The van der Waals surface area contributed by atoms with Crippen LogP contribution in [0.2, 0.25) is 0 Å². The molecule has 0 amide bonds. The molecule has 2 heterocycles. The van der Waals surface area contributed by atoms with Gasteiger partial charge in [0.1, 0.15) is 5.75 Å². The predicted octanol–water partition coefficient (Wildman–Crippen LogP) is 1.48. The van der Waals surface area contributed by atoms with Gasteiger partial charge >= 0.3 is 12.1 Å². The van der Waals surface area contributed by atoms with Gasteiger partial charge in [-0.1, -0.05) is 11.6 Å². The summed E-state index contributed by atoms with van der Waals surface area (Å²) in [6.07, 6.45) is -4.46. The van der Waals surface area contributed by atoms with E-state index in [1.807, 2.05) is 0 Å². The number of ether oxygens (including phenoxy) is 2. The van der Waals surface area contributed by atoms with Crippen LogP contribution >= 0.6 is 0 Å². The summed E-state index contributed by atoms with van der Waals surface area (Å²) in [5, 5.41) is 16.9. The Morgan fingerprint density at radius 1 is 1.30 bits per heavy atom. The summed E-state index contributed by atoms with van der Waals surface area (Å²) in [6, 6.07) is 3.33. The molecule has 2 aliphatic heterocycles. The van der Waals surface area contributed by atoms with E-state index in [9.17, 15) is 18.0 Å². The van der Waals surface area contributed by atoms with E-state index in [-0.39, 0.29) is 12.2 Å². The number of fused-ring (bicyclic) bond motifs is 1. The zero-order valence-electron chi connectivity index (χ0n) is 18.6. The van der Waals surface area contributed by atoms with Gasteiger partial charge in [0.25, 0.3) is 6.47 Å². The molecular formula is C20H31F3N3O7+. The molecule has 1 saturated heterocycles. The lowest BCUT2D eigenvalue weighted by atomic mass is 9.97. The van der Waals surface area contributed by atoms with Gasteiger partial charge in [0.05, 0.1) is 5.57 Å². The molecule has 0 aromatic heterocycles. The van der Waals surface area contributed by atoms with Crippen LogP contribution in [0, 0.1) is 13.8 Å². The van der Waals surface area contributed by atoms with Gasteiger partial charge in [-0.05, 0) is 64.4 Å². The van der Waals surface area contributed by atoms with E-state index in [1.165, 1.54) is 32.9 Å². The van der Waals surface area contributed by atoms with Crippen molar-refractivity contribution in [1.82, 2.24) is 5.32 Å². The summed E-state index contributed by atoms with van der Waals surface area (Å²) in [5.41, 5.74) is 1.12.